The van der Waals surface area contributed by atoms with Crippen LogP contribution in [-0.2, 0) is 11.0 Å². The molecule has 2 amide bonds. The fraction of sp³-hybridized carbons (Fsp3) is 0.296. The number of pyridine rings is 1. The SMILES string of the molecule is Nc1ncc(F)n2c(C3CCC4CCC(=O)N4C3)nc(-c3ccc(C(=O)Nc4cc(C(F)(F)F)ccn4)cc3)c12. The molecule has 206 valence electrons. The van der Waals surface area contributed by atoms with E-state index in [0.29, 0.717) is 30.0 Å². The molecule has 2 aliphatic heterocycles. The molecule has 2 fully saturated rings. The number of halogens is 4. The van der Waals surface area contributed by atoms with Crippen LogP contribution in [0.25, 0.3) is 16.8 Å². The largest absolute Gasteiger partial charge is 0.416 e. The van der Waals surface area contributed by atoms with Gasteiger partial charge < -0.3 is 16.0 Å². The van der Waals surface area contributed by atoms with Crippen LogP contribution < -0.4 is 11.1 Å². The van der Waals surface area contributed by atoms with Crippen molar-refractivity contribution in [3.05, 3.63) is 71.7 Å². The summed E-state index contributed by atoms with van der Waals surface area (Å²) in [6, 6.07) is 7.89. The number of carbonyl (C=O) groups excluding carboxylic acids is 2. The average molecular weight is 554 g/mol. The molecule has 2 atom stereocenters. The number of fused-ring (bicyclic) bond motifs is 2. The summed E-state index contributed by atoms with van der Waals surface area (Å²) < 4.78 is 55.4. The maximum atomic E-state index is 15.1. The lowest BCUT2D eigenvalue weighted by Gasteiger charge is -2.34. The van der Waals surface area contributed by atoms with Crippen molar-refractivity contribution >= 4 is 29.0 Å². The third-order valence-corrected chi connectivity index (χ3v) is 7.50. The normalized spacial score (nSPS) is 19.2. The number of nitrogen functional groups attached to an aromatic ring is 1. The third kappa shape index (κ3) is 4.50. The molecule has 0 bridgehead atoms. The molecular weight excluding hydrogens is 530 g/mol. The minimum Gasteiger partial charge on any atom is -0.382 e. The standard InChI is InChI=1S/C27H23F4N7O2/c28-19-12-34-24(32)23-22(36-25(38(19)23)16-5-6-18-7-8-21(39)37(18)13-16)14-1-3-15(4-2-14)26(40)35-20-11-17(9-10-33-20)27(29,30)31/h1-4,9-12,16,18H,5-8,13H2,(H2,32,34)(H,33,35,40). The number of nitrogens with zero attached hydrogens (tertiary/aromatic N) is 5. The molecule has 13 heteroatoms. The number of benzene rings is 1. The number of carbonyl (C=O) groups is 2. The molecule has 5 heterocycles. The van der Waals surface area contributed by atoms with Gasteiger partial charge in [0.05, 0.1) is 11.8 Å². The van der Waals surface area contributed by atoms with E-state index < -0.39 is 23.6 Å². The highest BCUT2D eigenvalue weighted by molar-refractivity contribution is 6.04. The first kappa shape index (κ1) is 25.7. The van der Waals surface area contributed by atoms with Crippen molar-refractivity contribution < 1.29 is 27.2 Å². The maximum absolute atomic E-state index is 15.1. The first-order valence-electron chi connectivity index (χ1n) is 12.7. The summed E-state index contributed by atoms with van der Waals surface area (Å²) in [7, 11) is 0. The summed E-state index contributed by atoms with van der Waals surface area (Å²) in [5, 5.41) is 2.36. The van der Waals surface area contributed by atoms with Crippen LogP contribution in [0.1, 0.15) is 53.3 Å². The lowest BCUT2D eigenvalue weighted by Crippen LogP contribution is -2.41. The number of amides is 2. The predicted octanol–water partition coefficient (Wildman–Crippen LogP) is 4.65. The van der Waals surface area contributed by atoms with E-state index in [1.54, 1.807) is 12.1 Å². The number of anilines is 2. The van der Waals surface area contributed by atoms with Crippen molar-refractivity contribution in [1.29, 1.82) is 0 Å². The second-order valence-electron chi connectivity index (χ2n) is 9.94. The summed E-state index contributed by atoms with van der Waals surface area (Å²) >= 11 is 0. The van der Waals surface area contributed by atoms with E-state index >= 15 is 4.39 Å². The lowest BCUT2D eigenvalue weighted by atomic mass is 9.92. The van der Waals surface area contributed by atoms with Crippen LogP contribution in [0.5, 0.6) is 0 Å². The Hall–Kier alpha value is -4.55. The molecule has 2 aliphatic rings. The molecule has 6 rings (SSSR count). The minimum absolute atomic E-state index is 0.0681. The molecule has 9 nitrogen and oxygen atoms in total. The number of alkyl halides is 3. The van der Waals surface area contributed by atoms with Crippen LogP contribution in [0.4, 0.5) is 29.2 Å². The molecule has 0 spiro atoms. The lowest BCUT2D eigenvalue weighted by molar-refractivity contribution is -0.137. The van der Waals surface area contributed by atoms with E-state index in [1.165, 1.54) is 16.5 Å². The Labute approximate surface area is 225 Å². The van der Waals surface area contributed by atoms with Crippen molar-refractivity contribution in [3.8, 4) is 11.3 Å². The molecule has 0 saturated carbocycles. The molecular formula is C27H23F4N7O2. The second kappa shape index (κ2) is 9.57. The fourth-order valence-corrected chi connectivity index (χ4v) is 5.53. The van der Waals surface area contributed by atoms with Crippen LogP contribution in [0, 0.1) is 5.95 Å². The number of nitrogens with two attached hydrogens (primary N) is 1. The smallest absolute Gasteiger partial charge is 0.382 e. The van der Waals surface area contributed by atoms with Crippen LogP contribution in [0.15, 0.2) is 48.8 Å². The zero-order chi connectivity index (χ0) is 28.2. The predicted molar refractivity (Wildman–Crippen MR) is 137 cm³/mol. The number of rotatable bonds is 4. The summed E-state index contributed by atoms with van der Waals surface area (Å²) in [6.07, 6.45) is 0.292. The first-order valence-corrected chi connectivity index (χ1v) is 12.7. The molecule has 3 N–H and O–H groups in total. The molecule has 3 aromatic heterocycles. The molecule has 4 aromatic rings. The quantitative estimate of drug-likeness (QED) is 0.355. The maximum Gasteiger partial charge on any atom is 0.416 e. The fourth-order valence-electron chi connectivity index (χ4n) is 5.53. The Bertz CT molecular complexity index is 1630. The topological polar surface area (TPSA) is 119 Å². The summed E-state index contributed by atoms with van der Waals surface area (Å²) in [5.41, 5.74) is 6.56. The number of hydrogen-bond donors (Lipinski definition) is 2. The van der Waals surface area contributed by atoms with Gasteiger partial charge in [-0.25, -0.2) is 15.0 Å². The second-order valence-corrected chi connectivity index (χ2v) is 9.94. The molecule has 1 aromatic carbocycles. The van der Waals surface area contributed by atoms with Gasteiger partial charge in [0.25, 0.3) is 5.91 Å². The van der Waals surface area contributed by atoms with Crippen molar-refractivity contribution in [2.75, 3.05) is 17.6 Å². The number of piperidine rings is 1. The summed E-state index contributed by atoms with van der Waals surface area (Å²) in [6.45, 7) is 0.437. The van der Waals surface area contributed by atoms with Crippen molar-refractivity contribution in [3.63, 3.8) is 0 Å². The summed E-state index contributed by atoms with van der Waals surface area (Å²) in [5.74, 6) is -1.15. The van der Waals surface area contributed by atoms with E-state index in [0.717, 1.165) is 43.8 Å². The highest BCUT2D eigenvalue weighted by Gasteiger charge is 2.38. The third-order valence-electron chi connectivity index (χ3n) is 7.50. The van der Waals surface area contributed by atoms with Gasteiger partial charge in [0.15, 0.2) is 0 Å². The van der Waals surface area contributed by atoms with Gasteiger partial charge in [-0.3, -0.25) is 14.0 Å². The summed E-state index contributed by atoms with van der Waals surface area (Å²) in [4.78, 5) is 39.4. The minimum atomic E-state index is -4.57. The molecule has 0 aliphatic carbocycles. The van der Waals surface area contributed by atoms with Gasteiger partial charge in [-0.05, 0) is 43.5 Å². The number of nitrogens with one attached hydrogen (secondary N) is 1. The zero-order valence-electron chi connectivity index (χ0n) is 21.0. The number of imidazole rings is 1. The van der Waals surface area contributed by atoms with Gasteiger partial charge in [-0.15, -0.1) is 0 Å². The van der Waals surface area contributed by atoms with Crippen LogP contribution >= 0.6 is 0 Å². The van der Waals surface area contributed by atoms with E-state index in [1.807, 2.05) is 4.90 Å². The Kier molecular flexibility index (Phi) is 6.15. The Morgan fingerprint density at radius 2 is 1.85 bits per heavy atom. The first-order chi connectivity index (χ1) is 19.1. The van der Waals surface area contributed by atoms with Gasteiger partial charge in [0, 0.05) is 42.2 Å². The van der Waals surface area contributed by atoms with E-state index in [9.17, 15) is 22.8 Å². The van der Waals surface area contributed by atoms with Gasteiger partial charge >= 0.3 is 6.18 Å². The zero-order valence-corrected chi connectivity index (χ0v) is 21.0. The van der Waals surface area contributed by atoms with Gasteiger partial charge in [0.2, 0.25) is 11.9 Å². The Morgan fingerprint density at radius 1 is 1.07 bits per heavy atom. The van der Waals surface area contributed by atoms with Crippen LogP contribution in [0.2, 0.25) is 0 Å². The van der Waals surface area contributed by atoms with Gasteiger partial charge in [-0.1, -0.05) is 12.1 Å². The van der Waals surface area contributed by atoms with Crippen molar-refractivity contribution in [2.45, 2.75) is 43.8 Å². The van der Waals surface area contributed by atoms with Crippen molar-refractivity contribution in [1.82, 2.24) is 24.3 Å². The molecule has 0 radical (unpaired) electrons. The number of hydrogen-bond acceptors (Lipinski definition) is 6. The van der Waals surface area contributed by atoms with Crippen molar-refractivity contribution in [2.24, 2.45) is 0 Å². The van der Waals surface area contributed by atoms with E-state index in [2.05, 4.69) is 15.3 Å². The van der Waals surface area contributed by atoms with Crippen LogP contribution in [-0.4, -0.2) is 48.7 Å². The van der Waals surface area contributed by atoms with Gasteiger partial charge in [0.1, 0.15) is 28.7 Å². The number of aromatic nitrogens is 4. The Morgan fingerprint density at radius 3 is 2.60 bits per heavy atom. The highest BCUT2D eigenvalue weighted by atomic mass is 19.4. The van der Waals surface area contributed by atoms with E-state index in [4.69, 9.17) is 10.7 Å². The monoisotopic (exact) mass is 553 g/mol. The molecule has 2 unspecified atom stereocenters. The van der Waals surface area contributed by atoms with Crippen LogP contribution in [0.3, 0.4) is 0 Å². The average Bonchev–Trinajstić information content (AvgIpc) is 3.52. The van der Waals surface area contributed by atoms with Gasteiger partial charge in [-0.2, -0.15) is 17.6 Å². The Balaban J connectivity index is 1.31. The highest BCUT2D eigenvalue weighted by Crippen LogP contribution is 2.38. The molecule has 40 heavy (non-hydrogen) atoms. The van der Waals surface area contributed by atoms with E-state index in [-0.39, 0.29) is 40.6 Å². The molecule has 2 saturated heterocycles.